The topological polar surface area (TPSA) is 61.8 Å². The summed E-state index contributed by atoms with van der Waals surface area (Å²) in [6, 6.07) is 12.9. The summed E-state index contributed by atoms with van der Waals surface area (Å²) in [5.41, 5.74) is 4.32. The first-order chi connectivity index (χ1) is 15.6. The molecule has 0 saturated heterocycles. The molecule has 0 saturated carbocycles. The van der Waals surface area contributed by atoms with Crippen LogP contribution >= 0.6 is 0 Å². The molecule has 3 heterocycles. The number of hydrogen-bond donors (Lipinski definition) is 2. The van der Waals surface area contributed by atoms with E-state index in [1.54, 1.807) is 18.5 Å². The summed E-state index contributed by atoms with van der Waals surface area (Å²) in [5, 5.41) is 12.9. The Morgan fingerprint density at radius 3 is 2.58 bits per heavy atom. The Morgan fingerprint density at radius 1 is 1.09 bits per heavy atom. The van der Waals surface area contributed by atoms with Crippen molar-refractivity contribution in [2.75, 3.05) is 0 Å². The standard InChI is InChI=1S/C28H32FN3O/c1-18(2)28(33,17-27(4,5)24-13-22(29)9-8-19(24)3)14-23-11-21-12-25(31-16-26(21)32-23)20-7-6-10-30-15-20/h6-13,15-16,18,32-33H,14,17H2,1-5H3. The van der Waals surface area contributed by atoms with Crippen LogP contribution in [-0.4, -0.2) is 25.7 Å². The molecule has 0 fully saturated rings. The molecule has 1 unspecified atom stereocenters. The molecule has 4 aromatic rings. The van der Waals surface area contributed by atoms with Gasteiger partial charge < -0.3 is 10.1 Å². The maximum Gasteiger partial charge on any atom is 0.123 e. The van der Waals surface area contributed by atoms with E-state index in [0.717, 1.165) is 39.0 Å². The Labute approximate surface area is 194 Å². The van der Waals surface area contributed by atoms with Crippen molar-refractivity contribution in [2.45, 2.75) is 58.5 Å². The SMILES string of the molecule is Cc1ccc(F)cc1C(C)(C)CC(O)(Cc1cc2cc(-c3cccnc3)ncc2[nH]1)C(C)C. The van der Waals surface area contributed by atoms with Gasteiger partial charge in [0.15, 0.2) is 0 Å². The van der Waals surface area contributed by atoms with Gasteiger partial charge in [0.1, 0.15) is 5.82 Å². The van der Waals surface area contributed by atoms with E-state index in [0.29, 0.717) is 12.8 Å². The van der Waals surface area contributed by atoms with E-state index in [9.17, 15) is 9.50 Å². The van der Waals surface area contributed by atoms with Crippen molar-refractivity contribution < 1.29 is 9.50 Å². The van der Waals surface area contributed by atoms with Crippen molar-refractivity contribution in [3.05, 3.63) is 83.7 Å². The highest BCUT2D eigenvalue weighted by molar-refractivity contribution is 5.83. The van der Waals surface area contributed by atoms with Crippen molar-refractivity contribution in [2.24, 2.45) is 5.92 Å². The van der Waals surface area contributed by atoms with Gasteiger partial charge >= 0.3 is 0 Å². The van der Waals surface area contributed by atoms with E-state index in [1.165, 1.54) is 6.07 Å². The number of nitrogens with one attached hydrogen (secondary N) is 1. The summed E-state index contributed by atoms with van der Waals surface area (Å²) >= 11 is 0. The van der Waals surface area contributed by atoms with Crippen molar-refractivity contribution in [1.29, 1.82) is 0 Å². The van der Waals surface area contributed by atoms with Crippen LogP contribution in [0.5, 0.6) is 0 Å². The zero-order chi connectivity index (χ0) is 23.8. The van der Waals surface area contributed by atoms with E-state index < -0.39 is 11.0 Å². The van der Waals surface area contributed by atoms with Crippen LogP contribution in [0.25, 0.3) is 22.2 Å². The molecule has 0 radical (unpaired) electrons. The van der Waals surface area contributed by atoms with Crippen molar-refractivity contribution >= 4 is 10.9 Å². The fourth-order valence-electron chi connectivity index (χ4n) is 4.84. The summed E-state index contributed by atoms with van der Waals surface area (Å²) in [6.45, 7) is 10.2. The smallest absolute Gasteiger partial charge is 0.123 e. The molecule has 4 nitrogen and oxygen atoms in total. The number of aromatic nitrogens is 3. The highest BCUT2D eigenvalue weighted by atomic mass is 19.1. The molecule has 1 atom stereocenters. The number of nitrogens with zero attached hydrogens (tertiary/aromatic N) is 2. The van der Waals surface area contributed by atoms with Crippen LogP contribution in [0.2, 0.25) is 0 Å². The highest BCUT2D eigenvalue weighted by Gasteiger charge is 2.39. The minimum absolute atomic E-state index is 0.0149. The Bertz CT molecular complexity index is 1260. The van der Waals surface area contributed by atoms with Crippen LogP contribution in [0.3, 0.4) is 0 Å². The fourth-order valence-corrected chi connectivity index (χ4v) is 4.84. The Morgan fingerprint density at radius 2 is 1.88 bits per heavy atom. The van der Waals surface area contributed by atoms with Crippen LogP contribution in [0.15, 0.2) is 61.1 Å². The lowest BCUT2D eigenvalue weighted by Gasteiger charge is -2.40. The molecule has 5 heteroatoms. The second-order valence-electron chi connectivity index (χ2n) is 10.1. The van der Waals surface area contributed by atoms with Gasteiger partial charge in [0, 0.05) is 35.5 Å². The molecule has 0 aliphatic carbocycles. The molecule has 172 valence electrons. The minimum Gasteiger partial charge on any atom is -0.389 e. The number of fused-ring (bicyclic) bond motifs is 1. The average molecular weight is 446 g/mol. The average Bonchev–Trinajstić information content (AvgIpc) is 3.16. The van der Waals surface area contributed by atoms with Gasteiger partial charge in [-0.3, -0.25) is 9.97 Å². The number of halogens is 1. The maximum atomic E-state index is 14.0. The summed E-state index contributed by atoms with van der Waals surface area (Å²) in [7, 11) is 0. The molecular weight excluding hydrogens is 413 g/mol. The minimum atomic E-state index is -0.970. The number of hydrogen-bond acceptors (Lipinski definition) is 3. The summed E-state index contributed by atoms with van der Waals surface area (Å²) in [6.07, 6.45) is 6.36. The van der Waals surface area contributed by atoms with Crippen LogP contribution in [-0.2, 0) is 11.8 Å². The predicted molar refractivity (Wildman–Crippen MR) is 132 cm³/mol. The normalized spacial score (nSPS) is 14.1. The Hall–Kier alpha value is -3.05. The molecule has 33 heavy (non-hydrogen) atoms. The lowest BCUT2D eigenvalue weighted by Crippen LogP contribution is -2.43. The zero-order valence-corrected chi connectivity index (χ0v) is 20.0. The molecular formula is C28H32FN3O. The molecule has 1 aromatic carbocycles. The molecule has 0 bridgehead atoms. The largest absolute Gasteiger partial charge is 0.389 e. The quantitative estimate of drug-likeness (QED) is 0.347. The van der Waals surface area contributed by atoms with E-state index in [-0.39, 0.29) is 11.7 Å². The molecule has 0 aliphatic rings. The van der Waals surface area contributed by atoms with E-state index in [4.69, 9.17) is 0 Å². The number of rotatable bonds is 7. The first-order valence-electron chi connectivity index (χ1n) is 11.4. The molecule has 0 amide bonds. The van der Waals surface area contributed by atoms with Gasteiger partial charge in [-0.1, -0.05) is 33.8 Å². The fraction of sp³-hybridized carbons (Fsp3) is 0.357. The number of aryl methyl sites for hydroxylation is 1. The van der Waals surface area contributed by atoms with Crippen LogP contribution in [0.1, 0.15) is 50.9 Å². The van der Waals surface area contributed by atoms with Crippen molar-refractivity contribution in [1.82, 2.24) is 15.0 Å². The van der Waals surface area contributed by atoms with Crippen LogP contribution in [0.4, 0.5) is 4.39 Å². The van der Waals surface area contributed by atoms with Gasteiger partial charge in [0.05, 0.1) is 23.0 Å². The maximum absolute atomic E-state index is 14.0. The number of aliphatic hydroxyl groups is 1. The third-order valence-electron chi connectivity index (χ3n) is 6.77. The number of H-pyrrole nitrogens is 1. The van der Waals surface area contributed by atoms with Gasteiger partial charge in [0.25, 0.3) is 0 Å². The monoisotopic (exact) mass is 445 g/mol. The number of pyridine rings is 2. The second-order valence-corrected chi connectivity index (χ2v) is 10.1. The lowest BCUT2D eigenvalue weighted by molar-refractivity contribution is -0.0292. The Kier molecular flexibility index (Phi) is 6.10. The van der Waals surface area contributed by atoms with Gasteiger partial charge in [-0.2, -0.15) is 0 Å². The predicted octanol–water partition coefficient (Wildman–Crippen LogP) is 6.37. The van der Waals surface area contributed by atoms with Gasteiger partial charge in [0.2, 0.25) is 0 Å². The van der Waals surface area contributed by atoms with Crippen LogP contribution < -0.4 is 0 Å². The molecule has 0 spiro atoms. The van der Waals surface area contributed by atoms with Gasteiger partial charge in [-0.15, -0.1) is 0 Å². The molecule has 3 aromatic heterocycles. The first kappa shape index (κ1) is 23.1. The number of benzene rings is 1. The molecule has 2 N–H and O–H groups in total. The lowest BCUT2D eigenvalue weighted by atomic mass is 9.69. The van der Waals surface area contributed by atoms with Gasteiger partial charge in [-0.25, -0.2) is 4.39 Å². The molecule has 0 aliphatic heterocycles. The van der Waals surface area contributed by atoms with E-state index >= 15 is 0 Å². The summed E-state index contributed by atoms with van der Waals surface area (Å²) in [4.78, 5) is 12.2. The van der Waals surface area contributed by atoms with Crippen molar-refractivity contribution in [3.8, 4) is 11.3 Å². The first-order valence-corrected chi connectivity index (χ1v) is 11.4. The second kappa shape index (κ2) is 8.71. The zero-order valence-electron chi connectivity index (χ0n) is 20.0. The summed E-state index contributed by atoms with van der Waals surface area (Å²) < 4.78 is 14.0. The van der Waals surface area contributed by atoms with E-state index in [2.05, 4.69) is 34.9 Å². The van der Waals surface area contributed by atoms with E-state index in [1.807, 2.05) is 51.2 Å². The van der Waals surface area contributed by atoms with Crippen molar-refractivity contribution in [3.63, 3.8) is 0 Å². The highest BCUT2D eigenvalue weighted by Crippen LogP contribution is 2.39. The number of aromatic amines is 1. The third-order valence-corrected chi connectivity index (χ3v) is 6.77. The van der Waals surface area contributed by atoms with Crippen LogP contribution in [0, 0.1) is 18.7 Å². The Balaban J connectivity index is 1.63. The van der Waals surface area contributed by atoms with Gasteiger partial charge in [-0.05, 0) is 72.2 Å². The third kappa shape index (κ3) is 4.83. The summed E-state index contributed by atoms with van der Waals surface area (Å²) in [5.74, 6) is -0.231. The molecule has 4 rings (SSSR count).